The van der Waals surface area contributed by atoms with E-state index in [2.05, 4.69) is 32.9 Å². The third-order valence-corrected chi connectivity index (χ3v) is 7.02. The van der Waals surface area contributed by atoms with Gasteiger partial charge in [0.2, 0.25) is 0 Å². The molecule has 0 amide bonds. The molecular formula is C14H30O2S. The first kappa shape index (κ1) is 17.0. The van der Waals surface area contributed by atoms with Crippen molar-refractivity contribution in [1.82, 2.24) is 0 Å². The Bertz CT molecular complexity index is 224. The largest absolute Gasteiger partial charge is 0.390 e. The van der Waals surface area contributed by atoms with Crippen LogP contribution in [-0.4, -0.2) is 47.9 Å². The molecule has 3 heteroatoms. The van der Waals surface area contributed by atoms with E-state index in [1.165, 1.54) is 5.75 Å². The quantitative estimate of drug-likeness (QED) is 0.511. The van der Waals surface area contributed by atoms with Crippen molar-refractivity contribution in [2.45, 2.75) is 45.0 Å². The van der Waals surface area contributed by atoms with Gasteiger partial charge in [-0.15, -0.1) is 6.58 Å². The van der Waals surface area contributed by atoms with Crippen LogP contribution in [0.25, 0.3) is 0 Å². The molecule has 0 saturated heterocycles. The molecule has 0 aliphatic rings. The Morgan fingerprint density at radius 2 is 1.94 bits per heavy atom. The Morgan fingerprint density at radius 3 is 2.41 bits per heavy atom. The van der Waals surface area contributed by atoms with Gasteiger partial charge in [-0.1, -0.05) is 19.4 Å². The van der Waals surface area contributed by atoms with E-state index in [4.69, 9.17) is 4.74 Å². The molecule has 17 heavy (non-hydrogen) atoms. The Kier molecular flexibility index (Phi) is 8.18. The van der Waals surface area contributed by atoms with Gasteiger partial charge in [-0.3, -0.25) is 0 Å². The summed E-state index contributed by atoms with van der Waals surface area (Å²) in [4.78, 5) is 0. The predicted octanol–water partition coefficient (Wildman–Crippen LogP) is 3.19. The lowest BCUT2D eigenvalue weighted by Gasteiger charge is -2.35. The maximum absolute atomic E-state index is 9.59. The molecule has 0 aromatic rings. The maximum atomic E-state index is 9.59. The molecule has 0 aromatic heterocycles. The molecule has 0 rings (SSSR count). The standard InChI is InChI=1S/C14H30O2S/c1-12(2)10-14(15)11-16-8-7-9-17(5,6)13(3)4/h13-15H,1,7-11H2,2-6H3. The van der Waals surface area contributed by atoms with E-state index in [-0.39, 0.29) is 0 Å². The van der Waals surface area contributed by atoms with Gasteiger partial charge in [-0.2, -0.15) is 0 Å². The second kappa shape index (κ2) is 8.17. The normalized spacial score (nSPS) is 15.0. The molecule has 0 saturated carbocycles. The molecule has 104 valence electrons. The van der Waals surface area contributed by atoms with Gasteiger partial charge in [0, 0.05) is 6.61 Å². The average Bonchev–Trinajstić information content (AvgIpc) is 2.15. The average molecular weight is 262 g/mol. The van der Waals surface area contributed by atoms with Crippen LogP contribution in [0.2, 0.25) is 0 Å². The van der Waals surface area contributed by atoms with Crippen molar-refractivity contribution in [2.75, 3.05) is 31.5 Å². The lowest BCUT2D eigenvalue weighted by atomic mass is 10.1. The Balaban J connectivity index is 3.56. The maximum Gasteiger partial charge on any atom is 0.0810 e. The van der Waals surface area contributed by atoms with E-state index in [9.17, 15) is 5.11 Å². The zero-order valence-corrected chi connectivity index (χ0v) is 13.0. The molecule has 0 spiro atoms. The molecule has 1 unspecified atom stereocenters. The van der Waals surface area contributed by atoms with Gasteiger partial charge in [0.15, 0.2) is 0 Å². The van der Waals surface area contributed by atoms with Crippen LogP contribution in [-0.2, 0) is 4.74 Å². The molecule has 1 atom stereocenters. The van der Waals surface area contributed by atoms with Crippen LogP contribution in [0.3, 0.4) is 0 Å². The smallest absolute Gasteiger partial charge is 0.0810 e. The highest BCUT2D eigenvalue weighted by molar-refractivity contribution is 8.33. The topological polar surface area (TPSA) is 29.5 Å². The summed E-state index contributed by atoms with van der Waals surface area (Å²) >= 11 is 0. The highest BCUT2D eigenvalue weighted by Crippen LogP contribution is 2.45. The third-order valence-electron chi connectivity index (χ3n) is 3.13. The van der Waals surface area contributed by atoms with Gasteiger partial charge >= 0.3 is 0 Å². The molecule has 0 fully saturated rings. The van der Waals surface area contributed by atoms with Gasteiger partial charge in [0.25, 0.3) is 0 Å². The van der Waals surface area contributed by atoms with Gasteiger partial charge in [-0.05, 0) is 43.3 Å². The second-order valence-corrected chi connectivity index (χ2v) is 10.2. The number of aliphatic hydroxyl groups excluding tert-OH is 1. The first-order valence-corrected chi connectivity index (χ1v) is 9.04. The van der Waals surface area contributed by atoms with Crippen molar-refractivity contribution in [3.63, 3.8) is 0 Å². The molecule has 0 aliphatic heterocycles. The Hall–Kier alpha value is 0.0100. The first-order chi connectivity index (χ1) is 7.75. The van der Waals surface area contributed by atoms with Gasteiger partial charge < -0.3 is 9.84 Å². The SMILES string of the molecule is C=C(C)CC(O)COCCCS(C)(C)C(C)C. The minimum atomic E-state index is -0.475. The van der Waals surface area contributed by atoms with Gasteiger partial charge in [-0.25, -0.2) is 10.0 Å². The van der Waals surface area contributed by atoms with Crippen LogP contribution >= 0.6 is 10.0 Å². The molecule has 0 aromatic carbocycles. The minimum Gasteiger partial charge on any atom is -0.390 e. The van der Waals surface area contributed by atoms with E-state index in [0.29, 0.717) is 13.0 Å². The molecule has 0 aliphatic carbocycles. The van der Waals surface area contributed by atoms with Crippen molar-refractivity contribution < 1.29 is 9.84 Å². The highest BCUT2D eigenvalue weighted by atomic mass is 32.3. The van der Waals surface area contributed by atoms with E-state index < -0.39 is 16.1 Å². The number of ether oxygens (including phenoxy) is 1. The minimum absolute atomic E-state index is 0.391. The molecule has 0 heterocycles. The van der Waals surface area contributed by atoms with Crippen molar-refractivity contribution >= 4 is 10.0 Å². The van der Waals surface area contributed by atoms with Crippen LogP contribution in [0.1, 0.15) is 33.6 Å². The monoisotopic (exact) mass is 262 g/mol. The van der Waals surface area contributed by atoms with Gasteiger partial charge in [0.05, 0.1) is 12.7 Å². The number of aliphatic hydroxyl groups is 1. The fourth-order valence-electron chi connectivity index (χ4n) is 1.45. The molecule has 2 nitrogen and oxygen atoms in total. The van der Waals surface area contributed by atoms with Crippen LogP contribution in [0, 0.1) is 0 Å². The summed E-state index contributed by atoms with van der Waals surface area (Å²) in [6.45, 7) is 11.5. The van der Waals surface area contributed by atoms with Crippen molar-refractivity contribution in [1.29, 1.82) is 0 Å². The van der Waals surface area contributed by atoms with E-state index in [0.717, 1.165) is 23.9 Å². The summed E-state index contributed by atoms with van der Waals surface area (Å²) in [6, 6.07) is 0. The Morgan fingerprint density at radius 1 is 1.35 bits per heavy atom. The van der Waals surface area contributed by atoms with Crippen LogP contribution < -0.4 is 0 Å². The number of rotatable bonds is 9. The van der Waals surface area contributed by atoms with E-state index >= 15 is 0 Å². The fourth-order valence-corrected chi connectivity index (χ4v) is 2.78. The van der Waals surface area contributed by atoms with Crippen molar-refractivity contribution in [3.05, 3.63) is 12.2 Å². The van der Waals surface area contributed by atoms with Crippen LogP contribution in [0.15, 0.2) is 12.2 Å². The summed E-state index contributed by atoms with van der Waals surface area (Å²) in [5.41, 5.74) is 1.01. The van der Waals surface area contributed by atoms with Crippen molar-refractivity contribution in [2.24, 2.45) is 0 Å². The first-order valence-electron chi connectivity index (χ1n) is 6.35. The molecule has 0 bridgehead atoms. The summed E-state index contributed by atoms with van der Waals surface area (Å²) in [6.07, 6.45) is 6.11. The lowest BCUT2D eigenvalue weighted by Crippen LogP contribution is -2.18. The van der Waals surface area contributed by atoms with Crippen molar-refractivity contribution in [3.8, 4) is 0 Å². The molecule has 1 N–H and O–H groups in total. The van der Waals surface area contributed by atoms with E-state index in [1.807, 2.05) is 6.92 Å². The van der Waals surface area contributed by atoms with Gasteiger partial charge in [0.1, 0.15) is 0 Å². The summed E-state index contributed by atoms with van der Waals surface area (Å²) < 4.78 is 5.49. The highest BCUT2D eigenvalue weighted by Gasteiger charge is 2.15. The number of hydrogen-bond acceptors (Lipinski definition) is 2. The Labute approximate surface area is 109 Å². The zero-order chi connectivity index (χ0) is 13.5. The zero-order valence-electron chi connectivity index (χ0n) is 12.2. The molecular weight excluding hydrogens is 232 g/mol. The lowest BCUT2D eigenvalue weighted by molar-refractivity contribution is 0.0377. The third kappa shape index (κ3) is 8.70. The van der Waals surface area contributed by atoms with Crippen LogP contribution in [0.5, 0.6) is 0 Å². The molecule has 0 radical (unpaired) electrons. The van der Waals surface area contributed by atoms with E-state index in [1.54, 1.807) is 0 Å². The summed E-state index contributed by atoms with van der Waals surface area (Å²) in [5.74, 6) is 1.25. The van der Waals surface area contributed by atoms with Crippen LogP contribution in [0.4, 0.5) is 0 Å². The summed E-state index contributed by atoms with van der Waals surface area (Å²) in [5, 5.41) is 10.4. The fraction of sp³-hybridized carbons (Fsp3) is 0.857. The summed E-state index contributed by atoms with van der Waals surface area (Å²) in [7, 11) is -0.475. The predicted molar refractivity (Wildman–Crippen MR) is 80.3 cm³/mol. The number of hydrogen-bond donors (Lipinski definition) is 1. The second-order valence-electron chi connectivity index (χ2n) is 5.62.